The molecule has 0 spiro atoms. The van der Waals surface area contributed by atoms with Gasteiger partial charge in [0.05, 0.1) is 0 Å². The van der Waals surface area contributed by atoms with Crippen molar-refractivity contribution in [3.8, 4) is 35.3 Å². The first-order valence-corrected chi connectivity index (χ1v) is 11.0. The molecule has 0 aromatic carbocycles. The fraction of sp³-hybridized carbons (Fsp3) is 0.286. The molecule has 1 aliphatic rings. The second-order valence-electron chi connectivity index (χ2n) is 7.98. The van der Waals surface area contributed by atoms with Crippen LogP contribution in [0.15, 0.2) is 36.4 Å². The average Bonchev–Trinajstić information content (AvgIpc) is 3.47. The monoisotopic (exact) mass is 555 g/mol. The van der Waals surface area contributed by atoms with Gasteiger partial charge in [-0.25, -0.2) is 14.4 Å². The Hall–Kier alpha value is -5.55. The molecule has 0 radical (unpaired) electrons. The smallest absolute Gasteiger partial charge is 0.492 e. The summed E-state index contributed by atoms with van der Waals surface area (Å²) in [5, 5.41) is 57.7. The number of hydrogen-bond acceptors (Lipinski definition) is 15. The van der Waals surface area contributed by atoms with Crippen LogP contribution in [0.3, 0.4) is 0 Å². The predicted molar refractivity (Wildman–Crippen MR) is 118 cm³/mol. The first-order valence-electron chi connectivity index (χ1n) is 11.0. The van der Waals surface area contributed by atoms with E-state index in [2.05, 4.69) is 0 Å². The van der Waals surface area contributed by atoms with E-state index < -0.39 is 72.1 Å². The summed E-state index contributed by atoms with van der Waals surface area (Å²) in [5.41, 5.74) is 0. The van der Waals surface area contributed by atoms with E-state index in [1.807, 2.05) is 0 Å². The maximum absolute atomic E-state index is 12.2. The quantitative estimate of drug-likeness (QED) is 0.181. The van der Waals surface area contributed by atoms with Crippen molar-refractivity contribution in [3.63, 3.8) is 0 Å². The molecule has 4 rings (SSSR count). The van der Waals surface area contributed by atoms with Gasteiger partial charge in [-0.1, -0.05) is 0 Å². The highest BCUT2D eigenvalue weighted by Gasteiger charge is 2.37. The highest BCUT2D eigenvalue weighted by atomic mass is 16.8. The summed E-state index contributed by atoms with van der Waals surface area (Å²) < 4.78 is 16.5. The molecule has 0 aliphatic heterocycles. The maximum atomic E-state index is 12.2. The van der Waals surface area contributed by atoms with E-state index in [1.54, 1.807) is 0 Å². The molecule has 1 aliphatic carbocycles. The topological polar surface area (TPSA) is 243 Å². The van der Waals surface area contributed by atoms with Crippen molar-refractivity contribution in [1.29, 1.82) is 0 Å². The SMILES string of the molecule is O=C(OC1CC(OC(=O)On2c(O)ccc2O)CC(OC(=O)On2c(O)ccc2O)C1)On1c(O)ccc1O. The van der Waals surface area contributed by atoms with E-state index >= 15 is 0 Å². The highest BCUT2D eigenvalue weighted by Crippen LogP contribution is 2.28. The van der Waals surface area contributed by atoms with Gasteiger partial charge in [-0.3, -0.25) is 14.5 Å². The number of aromatic hydroxyl groups is 6. The van der Waals surface area contributed by atoms with Crippen LogP contribution in [-0.2, 0) is 14.2 Å². The molecule has 1 saturated carbocycles. The molecule has 18 heteroatoms. The lowest BCUT2D eigenvalue weighted by Gasteiger charge is -2.32. The molecule has 0 amide bonds. The minimum atomic E-state index is -1.39. The molecular weight excluding hydrogens is 534 g/mol. The van der Waals surface area contributed by atoms with Crippen LogP contribution < -0.4 is 14.5 Å². The Morgan fingerprint density at radius 2 is 0.692 bits per heavy atom. The van der Waals surface area contributed by atoms with Crippen molar-refractivity contribution in [2.24, 2.45) is 0 Å². The van der Waals surface area contributed by atoms with Gasteiger partial charge in [-0.2, -0.15) is 0 Å². The van der Waals surface area contributed by atoms with Crippen LogP contribution in [0.25, 0.3) is 0 Å². The van der Waals surface area contributed by atoms with Crippen LogP contribution in [0.4, 0.5) is 14.4 Å². The fourth-order valence-corrected chi connectivity index (χ4v) is 3.64. The Labute approximate surface area is 216 Å². The molecule has 3 aromatic rings. The van der Waals surface area contributed by atoms with Crippen molar-refractivity contribution in [2.75, 3.05) is 0 Å². The van der Waals surface area contributed by atoms with Gasteiger partial charge in [-0.15, -0.1) is 14.2 Å². The van der Waals surface area contributed by atoms with E-state index in [0.717, 1.165) is 36.4 Å². The predicted octanol–water partition coefficient (Wildman–Crippen LogP) is 0.710. The first kappa shape index (κ1) is 26.5. The van der Waals surface area contributed by atoms with Crippen LogP contribution in [-0.4, -0.2) is 81.6 Å². The van der Waals surface area contributed by atoms with Gasteiger partial charge in [0.2, 0.25) is 35.3 Å². The van der Waals surface area contributed by atoms with E-state index in [-0.39, 0.29) is 19.3 Å². The zero-order valence-corrected chi connectivity index (χ0v) is 19.5. The number of ether oxygens (including phenoxy) is 3. The van der Waals surface area contributed by atoms with E-state index in [0.29, 0.717) is 14.2 Å². The van der Waals surface area contributed by atoms with Crippen LogP contribution in [0, 0.1) is 0 Å². The van der Waals surface area contributed by atoms with Crippen molar-refractivity contribution in [1.82, 2.24) is 14.2 Å². The van der Waals surface area contributed by atoms with Crippen LogP contribution >= 0.6 is 0 Å². The second kappa shape index (κ2) is 10.8. The van der Waals surface area contributed by atoms with Crippen molar-refractivity contribution in [3.05, 3.63) is 36.4 Å². The third-order valence-electron chi connectivity index (χ3n) is 5.26. The molecule has 0 saturated heterocycles. The molecule has 18 nitrogen and oxygen atoms in total. The van der Waals surface area contributed by atoms with E-state index in [1.165, 1.54) is 0 Å². The Morgan fingerprint density at radius 1 is 0.487 bits per heavy atom. The van der Waals surface area contributed by atoms with Gasteiger partial charge in [0.15, 0.2) is 0 Å². The molecular formula is C21H21N3O15. The molecule has 0 atom stereocenters. The number of hydrogen-bond donors (Lipinski definition) is 6. The van der Waals surface area contributed by atoms with Crippen LogP contribution in [0.1, 0.15) is 19.3 Å². The Balaban J connectivity index is 1.43. The third kappa shape index (κ3) is 6.24. The number of carbonyl (C=O) groups excluding carboxylic acids is 3. The molecule has 1 fully saturated rings. The summed E-state index contributed by atoms with van der Waals surface area (Å²) in [5.74, 6) is -3.70. The van der Waals surface area contributed by atoms with Gasteiger partial charge in [0, 0.05) is 55.7 Å². The molecule has 210 valence electrons. The van der Waals surface area contributed by atoms with Crippen molar-refractivity contribution in [2.45, 2.75) is 37.6 Å². The molecule has 3 aromatic heterocycles. The molecule has 0 bridgehead atoms. The van der Waals surface area contributed by atoms with Crippen molar-refractivity contribution < 1.29 is 73.7 Å². The minimum Gasteiger partial charge on any atom is -0.492 e. The molecule has 6 N–H and O–H groups in total. The van der Waals surface area contributed by atoms with Gasteiger partial charge >= 0.3 is 18.5 Å². The lowest BCUT2D eigenvalue weighted by Crippen LogP contribution is -2.42. The lowest BCUT2D eigenvalue weighted by atomic mass is 9.92. The third-order valence-corrected chi connectivity index (χ3v) is 5.26. The van der Waals surface area contributed by atoms with Gasteiger partial charge in [-0.05, 0) is 0 Å². The van der Waals surface area contributed by atoms with E-state index in [4.69, 9.17) is 28.7 Å². The summed E-state index contributed by atoms with van der Waals surface area (Å²) in [6.45, 7) is 0. The first-order chi connectivity index (χ1) is 18.5. The molecule has 0 unspecified atom stereocenters. The van der Waals surface area contributed by atoms with Crippen LogP contribution in [0.5, 0.6) is 35.3 Å². The van der Waals surface area contributed by atoms with Gasteiger partial charge < -0.3 is 44.8 Å². The number of aromatic nitrogens is 3. The Morgan fingerprint density at radius 3 is 0.897 bits per heavy atom. The number of carbonyl (C=O) groups is 3. The zero-order chi connectivity index (χ0) is 28.3. The summed E-state index contributed by atoms with van der Waals surface area (Å²) in [4.78, 5) is 50.9. The normalized spacial score (nSPS) is 18.6. The minimum absolute atomic E-state index is 0.175. The fourth-order valence-electron chi connectivity index (χ4n) is 3.64. The highest BCUT2D eigenvalue weighted by molar-refractivity contribution is 5.62. The number of nitrogens with zero attached hydrogens (tertiary/aromatic N) is 3. The van der Waals surface area contributed by atoms with E-state index in [9.17, 15) is 45.0 Å². The second-order valence-corrected chi connectivity index (χ2v) is 7.98. The largest absolute Gasteiger partial charge is 0.534 e. The maximum Gasteiger partial charge on any atom is 0.534 e. The summed E-state index contributed by atoms with van der Waals surface area (Å²) >= 11 is 0. The zero-order valence-electron chi connectivity index (χ0n) is 19.5. The number of rotatable bonds is 6. The van der Waals surface area contributed by atoms with Gasteiger partial charge in [0.1, 0.15) is 18.3 Å². The summed E-state index contributed by atoms with van der Waals surface area (Å²) in [6.07, 6.45) is -8.11. The standard InChI is InChI=1S/C21H21N3O15/c25-13-1-2-14(26)22(13)37-19(31)34-10-7-11(35-20(32)38-23-15(27)3-4-16(23)28)9-12(8-10)36-21(33)39-24-17(29)5-6-18(24)30/h1-6,10-12,25-30H,7-9H2. The van der Waals surface area contributed by atoms with Gasteiger partial charge in [0.25, 0.3) is 0 Å². The molecule has 39 heavy (non-hydrogen) atoms. The molecule has 3 heterocycles. The Kier molecular flexibility index (Phi) is 7.36. The van der Waals surface area contributed by atoms with Crippen molar-refractivity contribution >= 4 is 18.5 Å². The summed E-state index contributed by atoms with van der Waals surface area (Å²) in [6, 6.07) is 6.22. The average molecular weight is 555 g/mol. The Bertz CT molecular complexity index is 1130. The van der Waals surface area contributed by atoms with Crippen LogP contribution in [0.2, 0.25) is 0 Å². The lowest BCUT2D eigenvalue weighted by molar-refractivity contribution is -0.0819. The summed E-state index contributed by atoms with van der Waals surface area (Å²) in [7, 11) is 0.